The molecule has 0 amide bonds. The first-order chi connectivity index (χ1) is 8.82. The number of halogens is 3. The molecule has 0 unspecified atom stereocenters. The van der Waals surface area contributed by atoms with Crippen molar-refractivity contribution < 1.29 is 57.4 Å². The number of benzene rings is 1. The zero-order valence-electron chi connectivity index (χ0n) is 11.4. The second kappa shape index (κ2) is 8.54. The molecule has 0 N–H and O–H groups in total. The standard InChI is InChI=1S/C13H15F3O3.Na/c1-2-9-6-10(13(14,15)16)8-11(7-9)19-5-3-4-12(17)18;/h6-8H,2-5H2,1H3,(H,17,18);/q;+1/p-1. The van der Waals surface area contributed by atoms with Gasteiger partial charge in [0.2, 0.25) is 0 Å². The van der Waals surface area contributed by atoms with Crippen LogP contribution in [0.3, 0.4) is 0 Å². The van der Waals surface area contributed by atoms with Crippen molar-refractivity contribution in [2.75, 3.05) is 6.61 Å². The van der Waals surface area contributed by atoms with Crippen molar-refractivity contribution in [2.45, 2.75) is 32.4 Å². The molecule has 0 aromatic heterocycles. The van der Waals surface area contributed by atoms with Gasteiger partial charge in [-0.05, 0) is 43.0 Å². The van der Waals surface area contributed by atoms with Crippen LogP contribution in [0.2, 0.25) is 0 Å². The van der Waals surface area contributed by atoms with Gasteiger partial charge in [-0.1, -0.05) is 6.92 Å². The number of carboxylic acid groups (broad SMARTS) is 1. The van der Waals surface area contributed by atoms with Crippen LogP contribution >= 0.6 is 0 Å². The van der Waals surface area contributed by atoms with E-state index in [0.29, 0.717) is 12.0 Å². The zero-order chi connectivity index (χ0) is 14.5. The Bertz CT molecular complexity index is 447. The van der Waals surface area contributed by atoms with Crippen LogP contribution in [-0.4, -0.2) is 12.6 Å². The Labute approximate surface area is 137 Å². The molecule has 0 aliphatic rings. The molecule has 0 aliphatic heterocycles. The minimum atomic E-state index is -4.42. The summed E-state index contributed by atoms with van der Waals surface area (Å²) in [5.74, 6) is -1.10. The minimum absolute atomic E-state index is 0. The van der Waals surface area contributed by atoms with Gasteiger partial charge in [0.1, 0.15) is 5.75 Å². The number of aliphatic carboxylic acids is 1. The molecule has 1 aromatic rings. The molecule has 0 spiro atoms. The fraction of sp³-hybridized carbons (Fsp3) is 0.462. The van der Waals surface area contributed by atoms with E-state index in [1.54, 1.807) is 6.92 Å². The molecule has 0 fully saturated rings. The van der Waals surface area contributed by atoms with Gasteiger partial charge >= 0.3 is 35.7 Å². The summed E-state index contributed by atoms with van der Waals surface area (Å²) in [6.07, 6.45) is -3.95. The van der Waals surface area contributed by atoms with Crippen molar-refractivity contribution in [3.8, 4) is 5.75 Å². The Morgan fingerprint density at radius 3 is 2.45 bits per heavy atom. The SMILES string of the molecule is CCc1cc(OCCCC(=O)[O-])cc(C(F)(F)F)c1.[Na+]. The average molecular weight is 298 g/mol. The van der Waals surface area contributed by atoms with Gasteiger partial charge in [0.05, 0.1) is 12.2 Å². The Balaban J connectivity index is 0.00000361. The van der Waals surface area contributed by atoms with Crippen LogP contribution in [0.15, 0.2) is 18.2 Å². The Morgan fingerprint density at radius 2 is 1.95 bits per heavy atom. The van der Waals surface area contributed by atoms with Gasteiger partial charge in [0.25, 0.3) is 0 Å². The third kappa shape index (κ3) is 6.63. The van der Waals surface area contributed by atoms with Crippen molar-refractivity contribution in [3.63, 3.8) is 0 Å². The smallest absolute Gasteiger partial charge is 0.550 e. The summed E-state index contributed by atoms with van der Waals surface area (Å²) in [5.41, 5.74) is -0.244. The van der Waals surface area contributed by atoms with E-state index in [-0.39, 0.29) is 54.8 Å². The van der Waals surface area contributed by atoms with Crippen molar-refractivity contribution >= 4 is 5.97 Å². The molecular formula is C13H14F3NaO3. The number of aryl methyl sites for hydroxylation is 1. The minimum Gasteiger partial charge on any atom is -0.550 e. The van der Waals surface area contributed by atoms with Crippen LogP contribution in [0, 0.1) is 0 Å². The predicted octanol–water partition coefficient (Wildman–Crippen LogP) is -0.819. The number of alkyl halides is 3. The van der Waals surface area contributed by atoms with E-state index in [9.17, 15) is 23.1 Å². The maximum atomic E-state index is 12.6. The number of carbonyl (C=O) groups is 1. The third-order valence-electron chi connectivity index (χ3n) is 2.50. The normalized spacial score (nSPS) is 10.8. The first-order valence-corrected chi connectivity index (χ1v) is 5.86. The second-order valence-electron chi connectivity index (χ2n) is 4.04. The van der Waals surface area contributed by atoms with E-state index in [4.69, 9.17) is 4.74 Å². The summed E-state index contributed by atoms with van der Waals surface area (Å²) < 4.78 is 43.1. The summed E-state index contributed by atoms with van der Waals surface area (Å²) in [7, 11) is 0. The molecule has 0 atom stereocenters. The maximum Gasteiger partial charge on any atom is 1.00 e. The van der Waals surface area contributed by atoms with Gasteiger partial charge < -0.3 is 14.6 Å². The summed E-state index contributed by atoms with van der Waals surface area (Å²) >= 11 is 0. The Morgan fingerprint density at radius 1 is 1.30 bits per heavy atom. The fourth-order valence-corrected chi connectivity index (χ4v) is 1.52. The molecule has 0 radical (unpaired) electrons. The zero-order valence-corrected chi connectivity index (χ0v) is 13.4. The fourth-order valence-electron chi connectivity index (χ4n) is 1.52. The molecule has 1 aromatic carbocycles. The first-order valence-electron chi connectivity index (χ1n) is 5.86. The summed E-state index contributed by atoms with van der Waals surface area (Å²) in [6.45, 7) is 1.79. The van der Waals surface area contributed by atoms with Gasteiger partial charge in [-0.15, -0.1) is 0 Å². The van der Waals surface area contributed by atoms with Gasteiger partial charge in [-0.25, -0.2) is 0 Å². The molecule has 1 rings (SSSR count). The van der Waals surface area contributed by atoms with Crippen LogP contribution in [-0.2, 0) is 17.4 Å². The van der Waals surface area contributed by atoms with Crippen LogP contribution < -0.4 is 39.4 Å². The largest absolute Gasteiger partial charge is 1.00 e. The third-order valence-corrected chi connectivity index (χ3v) is 2.50. The average Bonchev–Trinajstić information content (AvgIpc) is 2.33. The summed E-state index contributed by atoms with van der Waals surface area (Å²) in [6, 6.07) is 3.51. The van der Waals surface area contributed by atoms with Crippen LogP contribution in [0.1, 0.15) is 30.9 Å². The van der Waals surface area contributed by atoms with E-state index >= 15 is 0 Å². The van der Waals surface area contributed by atoms with E-state index in [1.165, 1.54) is 6.07 Å². The van der Waals surface area contributed by atoms with E-state index in [0.717, 1.165) is 12.1 Å². The van der Waals surface area contributed by atoms with E-state index < -0.39 is 17.7 Å². The number of carboxylic acids is 1. The molecule has 106 valence electrons. The number of rotatable bonds is 6. The van der Waals surface area contributed by atoms with Gasteiger partial charge in [0, 0.05) is 5.97 Å². The molecule has 0 bridgehead atoms. The van der Waals surface area contributed by atoms with Crippen LogP contribution in [0.5, 0.6) is 5.75 Å². The van der Waals surface area contributed by atoms with Gasteiger partial charge in [-0.2, -0.15) is 13.2 Å². The molecule has 7 heteroatoms. The predicted molar refractivity (Wildman–Crippen MR) is 60.6 cm³/mol. The van der Waals surface area contributed by atoms with Crippen LogP contribution in [0.25, 0.3) is 0 Å². The number of hydrogen-bond acceptors (Lipinski definition) is 3. The molecule has 3 nitrogen and oxygen atoms in total. The number of ether oxygens (including phenoxy) is 1. The Kier molecular flexibility index (Phi) is 8.23. The topological polar surface area (TPSA) is 49.4 Å². The Hall–Kier alpha value is -0.720. The summed E-state index contributed by atoms with van der Waals surface area (Å²) in [5, 5.41) is 10.2. The maximum absolute atomic E-state index is 12.6. The van der Waals surface area contributed by atoms with Gasteiger partial charge in [0.15, 0.2) is 0 Å². The van der Waals surface area contributed by atoms with E-state index in [1.807, 2.05) is 0 Å². The van der Waals surface area contributed by atoms with Crippen molar-refractivity contribution in [1.82, 2.24) is 0 Å². The van der Waals surface area contributed by atoms with Crippen molar-refractivity contribution in [3.05, 3.63) is 29.3 Å². The van der Waals surface area contributed by atoms with Gasteiger partial charge in [-0.3, -0.25) is 0 Å². The van der Waals surface area contributed by atoms with Crippen molar-refractivity contribution in [1.29, 1.82) is 0 Å². The summed E-state index contributed by atoms with van der Waals surface area (Å²) in [4.78, 5) is 10.2. The van der Waals surface area contributed by atoms with Crippen LogP contribution in [0.4, 0.5) is 13.2 Å². The van der Waals surface area contributed by atoms with Crippen molar-refractivity contribution in [2.24, 2.45) is 0 Å². The molecule has 0 aliphatic carbocycles. The number of carbonyl (C=O) groups excluding carboxylic acids is 1. The molecule has 0 saturated heterocycles. The van der Waals surface area contributed by atoms with E-state index in [2.05, 4.69) is 0 Å². The molecule has 0 saturated carbocycles. The quantitative estimate of drug-likeness (QED) is 0.509. The first kappa shape index (κ1) is 19.3. The molecule has 20 heavy (non-hydrogen) atoms. The second-order valence-corrected chi connectivity index (χ2v) is 4.04. The molecular weight excluding hydrogens is 284 g/mol. The monoisotopic (exact) mass is 298 g/mol. The number of hydrogen-bond donors (Lipinski definition) is 0. The molecule has 0 heterocycles.